The largest absolute Gasteiger partial charge is 0.334 e. The molecule has 1 saturated carbocycles. The van der Waals surface area contributed by atoms with E-state index in [1.807, 2.05) is 31.2 Å². The highest BCUT2D eigenvalue weighted by Crippen LogP contribution is 2.32. The molecule has 2 heterocycles. The summed E-state index contributed by atoms with van der Waals surface area (Å²) in [6.45, 7) is 2.16. The van der Waals surface area contributed by atoms with Gasteiger partial charge in [-0.1, -0.05) is 38.0 Å². The normalized spacial score (nSPS) is 25.3. The summed E-state index contributed by atoms with van der Waals surface area (Å²) in [4.78, 5) is 54.3. The lowest BCUT2D eigenvalue weighted by Crippen LogP contribution is -2.48. The van der Waals surface area contributed by atoms with Gasteiger partial charge in [0.15, 0.2) is 0 Å². The summed E-state index contributed by atoms with van der Waals surface area (Å²) in [6.07, 6.45) is 5.37. The Balaban J connectivity index is 1.52. The molecular weight excluding hydrogens is 358 g/mol. The second-order valence-corrected chi connectivity index (χ2v) is 7.96. The van der Waals surface area contributed by atoms with Gasteiger partial charge in [0, 0.05) is 18.3 Å². The van der Waals surface area contributed by atoms with Gasteiger partial charge in [-0.3, -0.25) is 19.3 Å². The van der Waals surface area contributed by atoms with Crippen molar-refractivity contribution >= 4 is 29.4 Å². The van der Waals surface area contributed by atoms with Gasteiger partial charge in [0.2, 0.25) is 5.91 Å². The number of urea groups is 1. The summed E-state index contributed by atoms with van der Waals surface area (Å²) in [6, 6.07) is 6.76. The Labute approximate surface area is 164 Å². The molecule has 0 N–H and O–H groups in total. The summed E-state index contributed by atoms with van der Waals surface area (Å²) in [5, 5.41) is 0. The molecule has 2 aliphatic heterocycles. The van der Waals surface area contributed by atoms with Crippen LogP contribution in [0.5, 0.6) is 0 Å². The molecule has 1 saturated heterocycles. The number of imide groups is 2. The molecule has 5 amide bonds. The zero-order chi connectivity index (χ0) is 19.8. The van der Waals surface area contributed by atoms with Crippen LogP contribution in [0.15, 0.2) is 24.3 Å². The van der Waals surface area contributed by atoms with Crippen LogP contribution in [0, 0.1) is 5.92 Å². The van der Waals surface area contributed by atoms with E-state index in [2.05, 4.69) is 0 Å². The molecule has 7 nitrogen and oxygen atoms in total. The van der Waals surface area contributed by atoms with Crippen LogP contribution >= 0.6 is 0 Å². The number of rotatable bonds is 3. The van der Waals surface area contributed by atoms with Crippen molar-refractivity contribution in [2.24, 2.45) is 5.92 Å². The molecule has 0 radical (unpaired) electrons. The van der Waals surface area contributed by atoms with Crippen LogP contribution in [0.1, 0.15) is 44.6 Å². The van der Waals surface area contributed by atoms with Gasteiger partial charge in [-0.05, 0) is 43.2 Å². The molecule has 1 aliphatic carbocycles. The second-order valence-electron chi connectivity index (χ2n) is 7.96. The van der Waals surface area contributed by atoms with E-state index in [1.165, 1.54) is 0 Å². The smallest absolute Gasteiger partial charge is 0.311 e. The van der Waals surface area contributed by atoms with Gasteiger partial charge in [-0.2, -0.15) is 0 Å². The van der Waals surface area contributed by atoms with Crippen molar-refractivity contribution in [3.63, 3.8) is 0 Å². The SMILES string of the molecule is C[C@@H]1CCCC[C@@H]1N1C(=O)C(=O)N(CC(=O)N2CCCc3ccccc32)C1=O. The number of fused-ring (bicyclic) bond motifs is 1. The van der Waals surface area contributed by atoms with Crippen LogP contribution in [0.3, 0.4) is 0 Å². The lowest BCUT2D eigenvalue weighted by molar-refractivity contribution is -0.145. The number of hydrogen-bond donors (Lipinski definition) is 0. The zero-order valence-corrected chi connectivity index (χ0v) is 16.1. The molecule has 2 atom stereocenters. The number of anilines is 1. The number of carbonyl (C=O) groups is 4. The van der Waals surface area contributed by atoms with E-state index in [9.17, 15) is 19.2 Å². The van der Waals surface area contributed by atoms with E-state index in [0.717, 1.165) is 53.2 Å². The Morgan fingerprint density at radius 1 is 1.04 bits per heavy atom. The van der Waals surface area contributed by atoms with Crippen molar-refractivity contribution in [2.75, 3.05) is 18.0 Å². The fourth-order valence-electron chi connectivity index (χ4n) is 4.65. The van der Waals surface area contributed by atoms with Crippen molar-refractivity contribution in [1.82, 2.24) is 9.80 Å². The third-order valence-corrected chi connectivity index (χ3v) is 6.19. The average molecular weight is 383 g/mol. The monoisotopic (exact) mass is 383 g/mol. The Kier molecular flexibility index (Phi) is 4.91. The molecule has 2 fully saturated rings. The predicted molar refractivity (Wildman–Crippen MR) is 102 cm³/mol. The Morgan fingerprint density at radius 2 is 1.79 bits per heavy atom. The molecule has 4 rings (SSSR count). The van der Waals surface area contributed by atoms with Gasteiger partial charge in [0.05, 0.1) is 0 Å². The molecule has 148 valence electrons. The molecule has 3 aliphatic rings. The van der Waals surface area contributed by atoms with Crippen molar-refractivity contribution in [3.8, 4) is 0 Å². The van der Waals surface area contributed by atoms with Crippen molar-refractivity contribution in [3.05, 3.63) is 29.8 Å². The Morgan fingerprint density at radius 3 is 2.57 bits per heavy atom. The quantitative estimate of drug-likeness (QED) is 0.593. The number of hydrogen-bond acceptors (Lipinski definition) is 4. The molecule has 0 aromatic heterocycles. The summed E-state index contributed by atoms with van der Waals surface area (Å²) < 4.78 is 0. The lowest BCUT2D eigenvalue weighted by Gasteiger charge is -2.34. The van der Waals surface area contributed by atoms with Crippen LogP contribution < -0.4 is 4.90 Å². The minimum atomic E-state index is -0.888. The second kappa shape index (κ2) is 7.37. The maximum atomic E-state index is 12.9. The molecule has 0 spiro atoms. The highest BCUT2D eigenvalue weighted by atomic mass is 16.2. The highest BCUT2D eigenvalue weighted by molar-refractivity contribution is 6.45. The molecule has 1 aromatic carbocycles. The van der Waals surface area contributed by atoms with Crippen molar-refractivity contribution in [1.29, 1.82) is 0 Å². The fraction of sp³-hybridized carbons (Fsp3) is 0.524. The molecule has 1 aromatic rings. The molecule has 7 heteroatoms. The number of carbonyl (C=O) groups excluding carboxylic acids is 4. The average Bonchev–Trinajstić information content (AvgIpc) is 2.91. The standard InChI is InChI=1S/C21H25N3O4/c1-14-7-2-4-10-16(14)24-20(27)19(26)23(21(24)28)13-18(25)22-12-6-9-15-8-3-5-11-17(15)22/h3,5,8,11,14,16H,2,4,6-7,9-10,12-13H2,1H3/t14-,16+/m1/s1. The van der Waals surface area contributed by atoms with E-state index in [-0.39, 0.29) is 17.9 Å². The van der Waals surface area contributed by atoms with E-state index < -0.39 is 24.4 Å². The third kappa shape index (κ3) is 3.08. The maximum absolute atomic E-state index is 12.9. The van der Waals surface area contributed by atoms with Gasteiger partial charge in [-0.15, -0.1) is 0 Å². The van der Waals surface area contributed by atoms with E-state index >= 15 is 0 Å². The predicted octanol–water partition coefficient (Wildman–Crippen LogP) is 2.34. The van der Waals surface area contributed by atoms with Gasteiger partial charge < -0.3 is 4.90 Å². The van der Waals surface area contributed by atoms with Crippen molar-refractivity contribution < 1.29 is 19.2 Å². The zero-order valence-electron chi connectivity index (χ0n) is 16.1. The summed E-state index contributed by atoms with van der Waals surface area (Å²) in [5.74, 6) is -1.85. The van der Waals surface area contributed by atoms with Crippen LogP contribution in [-0.2, 0) is 20.8 Å². The van der Waals surface area contributed by atoms with E-state index in [0.29, 0.717) is 13.0 Å². The Hall–Kier alpha value is -2.70. The summed E-state index contributed by atoms with van der Waals surface area (Å²) in [7, 11) is 0. The Bertz CT molecular complexity index is 837. The number of benzene rings is 1. The van der Waals surface area contributed by atoms with E-state index in [1.54, 1.807) is 4.90 Å². The first-order chi connectivity index (χ1) is 13.5. The van der Waals surface area contributed by atoms with Gasteiger partial charge in [-0.25, -0.2) is 9.69 Å². The first-order valence-electron chi connectivity index (χ1n) is 10.1. The topological polar surface area (TPSA) is 78.0 Å². The highest BCUT2D eigenvalue weighted by Gasteiger charge is 2.49. The van der Waals surface area contributed by atoms with Crippen LogP contribution in [0.25, 0.3) is 0 Å². The minimum absolute atomic E-state index is 0.166. The number of amides is 5. The van der Waals surface area contributed by atoms with Crippen LogP contribution in [-0.4, -0.2) is 52.7 Å². The van der Waals surface area contributed by atoms with Gasteiger partial charge in [0.1, 0.15) is 6.54 Å². The van der Waals surface area contributed by atoms with Crippen LogP contribution in [0.2, 0.25) is 0 Å². The molecule has 28 heavy (non-hydrogen) atoms. The summed E-state index contributed by atoms with van der Waals surface area (Å²) >= 11 is 0. The number of nitrogens with zero attached hydrogens (tertiary/aromatic N) is 3. The van der Waals surface area contributed by atoms with Crippen molar-refractivity contribution in [2.45, 2.75) is 51.5 Å². The van der Waals surface area contributed by atoms with E-state index in [4.69, 9.17) is 0 Å². The lowest BCUT2D eigenvalue weighted by atomic mass is 9.85. The summed E-state index contributed by atoms with van der Waals surface area (Å²) in [5.41, 5.74) is 1.90. The molecular formula is C21H25N3O4. The molecule has 0 bridgehead atoms. The van der Waals surface area contributed by atoms with Crippen LogP contribution in [0.4, 0.5) is 10.5 Å². The fourth-order valence-corrected chi connectivity index (χ4v) is 4.65. The van der Waals surface area contributed by atoms with Gasteiger partial charge >= 0.3 is 17.8 Å². The first kappa shape index (κ1) is 18.7. The molecule has 0 unspecified atom stereocenters. The number of para-hydroxylation sites is 1. The number of aryl methyl sites for hydroxylation is 1. The minimum Gasteiger partial charge on any atom is -0.311 e. The van der Waals surface area contributed by atoms with Gasteiger partial charge in [0.25, 0.3) is 0 Å². The maximum Gasteiger partial charge on any atom is 0.334 e. The first-order valence-corrected chi connectivity index (χ1v) is 10.1. The third-order valence-electron chi connectivity index (χ3n) is 6.19.